The molecule has 114 valence electrons. The van der Waals surface area contributed by atoms with Crippen molar-refractivity contribution in [2.75, 3.05) is 12.4 Å². The lowest BCUT2D eigenvalue weighted by atomic mass is 10.2. The number of urea groups is 1. The maximum absolute atomic E-state index is 12.1. The summed E-state index contributed by atoms with van der Waals surface area (Å²) in [6, 6.07) is 7.86. The molecule has 6 heteroatoms. The van der Waals surface area contributed by atoms with Crippen molar-refractivity contribution >= 4 is 11.7 Å². The minimum absolute atomic E-state index is 0.0774. The van der Waals surface area contributed by atoms with E-state index >= 15 is 0 Å². The second-order valence-electron chi connectivity index (χ2n) is 6.08. The summed E-state index contributed by atoms with van der Waals surface area (Å²) < 4.78 is 5.29. The Morgan fingerprint density at radius 3 is 2.86 bits per heavy atom. The third-order valence-electron chi connectivity index (χ3n) is 4.16. The lowest BCUT2D eigenvalue weighted by Gasteiger charge is -2.17. The molecule has 2 amide bonds. The minimum atomic E-state index is -0.0774. The smallest absolute Gasteiger partial charge is 0.321 e. The zero-order valence-corrected chi connectivity index (χ0v) is 12.5. The van der Waals surface area contributed by atoms with Crippen molar-refractivity contribution in [3.05, 3.63) is 30.2 Å². The molecule has 0 bridgehead atoms. The van der Waals surface area contributed by atoms with Crippen LogP contribution in [-0.2, 0) is 0 Å². The molecule has 2 aromatic rings. The molecule has 2 saturated carbocycles. The topological polar surface area (TPSA) is 71.3 Å². The molecule has 22 heavy (non-hydrogen) atoms. The van der Waals surface area contributed by atoms with Gasteiger partial charge in [-0.1, -0.05) is 17.3 Å². The lowest BCUT2D eigenvalue weighted by Crippen LogP contribution is -2.32. The number of aromatic nitrogens is 2. The van der Waals surface area contributed by atoms with Crippen molar-refractivity contribution < 1.29 is 9.32 Å². The molecular weight excluding hydrogens is 280 g/mol. The lowest BCUT2D eigenvalue weighted by molar-refractivity contribution is 0.220. The second-order valence-corrected chi connectivity index (χ2v) is 6.08. The molecule has 2 aliphatic rings. The first kappa shape index (κ1) is 13.3. The van der Waals surface area contributed by atoms with Crippen LogP contribution >= 0.6 is 0 Å². The average molecular weight is 298 g/mol. The summed E-state index contributed by atoms with van der Waals surface area (Å²) in [7, 11) is 1.83. The highest BCUT2D eigenvalue weighted by Gasteiger charge is 2.30. The van der Waals surface area contributed by atoms with E-state index in [9.17, 15) is 4.79 Å². The van der Waals surface area contributed by atoms with Gasteiger partial charge in [0.15, 0.2) is 0 Å². The quantitative estimate of drug-likeness (QED) is 0.940. The largest absolute Gasteiger partial charge is 0.339 e. The van der Waals surface area contributed by atoms with Crippen LogP contribution in [0, 0.1) is 0 Å². The van der Waals surface area contributed by atoms with Crippen LogP contribution in [0.25, 0.3) is 11.4 Å². The molecular formula is C16H18N4O2. The maximum Gasteiger partial charge on any atom is 0.321 e. The minimum Gasteiger partial charge on any atom is -0.339 e. The van der Waals surface area contributed by atoms with Gasteiger partial charge in [0, 0.05) is 30.3 Å². The summed E-state index contributed by atoms with van der Waals surface area (Å²) in [4.78, 5) is 18.3. The summed E-state index contributed by atoms with van der Waals surface area (Å²) in [6.45, 7) is 0. The van der Waals surface area contributed by atoms with Crippen molar-refractivity contribution in [2.24, 2.45) is 0 Å². The first-order valence-electron chi connectivity index (χ1n) is 7.68. The number of nitrogens with one attached hydrogen (secondary N) is 1. The van der Waals surface area contributed by atoms with Gasteiger partial charge in [-0.3, -0.25) is 0 Å². The summed E-state index contributed by atoms with van der Waals surface area (Å²) in [5.74, 6) is 1.74. The van der Waals surface area contributed by atoms with Crippen molar-refractivity contribution in [3.63, 3.8) is 0 Å². The second kappa shape index (κ2) is 5.12. The monoisotopic (exact) mass is 298 g/mol. The Hall–Kier alpha value is -2.37. The van der Waals surface area contributed by atoms with Gasteiger partial charge in [0.2, 0.25) is 11.7 Å². The van der Waals surface area contributed by atoms with Crippen molar-refractivity contribution in [2.45, 2.75) is 37.6 Å². The van der Waals surface area contributed by atoms with E-state index in [-0.39, 0.29) is 6.03 Å². The van der Waals surface area contributed by atoms with Crippen LogP contribution < -0.4 is 5.32 Å². The Balaban J connectivity index is 1.50. The first-order valence-corrected chi connectivity index (χ1v) is 7.68. The van der Waals surface area contributed by atoms with Crippen LogP contribution in [-0.4, -0.2) is 34.2 Å². The first-order chi connectivity index (χ1) is 10.7. The van der Waals surface area contributed by atoms with Crippen molar-refractivity contribution in [1.82, 2.24) is 15.0 Å². The molecule has 0 atom stereocenters. The molecule has 0 aliphatic heterocycles. The molecule has 0 saturated heterocycles. The average Bonchev–Trinajstić information content (AvgIpc) is 3.45. The third kappa shape index (κ3) is 2.68. The fraction of sp³-hybridized carbons (Fsp3) is 0.438. The number of hydrogen-bond donors (Lipinski definition) is 1. The SMILES string of the molecule is CN(C(=O)Nc1cccc(-c2noc(C3CC3)n2)c1)C1CC1. The number of nitrogens with zero attached hydrogens (tertiary/aromatic N) is 3. The Morgan fingerprint density at radius 1 is 1.32 bits per heavy atom. The molecule has 4 rings (SSSR count). The van der Waals surface area contributed by atoms with Crippen molar-refractivity contribution in [1.29, 1.82) is 0 Å². The van der Waals surface area contributed by atoms with Gasteiger partial charge in [0.1, 0.15) is 0 Å². The number of amides is 2. The van der Waals surface area contributed by atoms with Gasteiger partial charge in [-0.05, 0) is 37.8 Å². The highest BCUT2D eigenvalue weighted by atomic mass is 16.5. The van der Waals surface area contributed by atoms with E-state index in [1.807, 2.05) is 31.3 Å². The number of rotatable bonds is 4. The molecule has 1 aromatic carbocycles. The van der Waals surface area contributed by atoms with Crippen LogP contribution in [0.3, 0.4) is 0 Å². The zero-order chi connectivity index (χ0) is 15.1. The van der Waals surface area contributed by atoms with E-state index in [0.29, 0.717) is 17.8 Å². The van der Waals surface area contributed by atoms with Crippen LogP contribution in [0.4, 0.5) is 10.5 Å². The Labute approximate surface area is 128 Å². The molecule has 0 spiro atoms. The highest BCUT2D eigenvalue weighted by molar-refractivity contribution is 5.90. The molecule has 6 nitrogen and oxygen atoms in total. The van der Waals surface area contributed by atoms with Gasteiger partial charge in [0.05, 0.1) is 0 Å². The molecule has 2 fully saturated rings. The standard InChI is InChI=1S/C16H18N4O2/c1-20(13-7-8-13)16(21)17-12-4-2-3-11(9-12)14-18-15(22-19-14)10-5-6-10/h2-4,9-10,13H,5-8H2,1H3,(H,17,21). The summed E-state index contributed by atoms with van der Waals surface area (Å²) in [5, 5.41) is 6.95. The molecule has 1 aromatic heterocycles. The molecule has 1 heterocycles. The van der Waals surface area contributed by atoms with Crippen molar-refractivity contribution in [3.8, 4) is 11.4 Å². The number of anilines is 1. The maximum atomic E-state index is 12.1. The van der Waals surface area contributed by atoms with Gasteiger partial charge in [-0.25, -0.2) is 4.79 Å². The number of benzene rings is 1. The highest BCUT2D eigenvalue weighted by Crippen LogP contribution is 2.39. The van der Waals surface area contributed by atoms with Crippen LogP contribution in [0.1, 0.15) is 37.5 Å². The van der Waals surface area contributed by atoms with E-state index in [2.05, 4.69) is 15.5 Å². The number of carbonyl (C=O) groups is 1. The van der Waals surface area contributed by atoms with Crippen LogP contribution in [0.5, 0.6) is 0 Å². The number of carbonyl (C=O) groups excluding carboxylic acids is 1. The zero-order valence-electron chi connectivity index (χ0n) is 12.5. The van der Waals surface area contributed by atoms with E-state index in [0.717, 1.165) is 42.8 Å². The summed E-state index contributed by atoms with van der Waals surface area (Å²) >= 11 is 0. The molecule has 1 N–H and O–H groups in total. The van der Waals surface area contributed by atoms with Gasteiger partial charge in [0.25, 0.3) is 0 Å². The predicted octanol–water partition coefficient (Wildman–Crippen LogP) is 3.24. The van der Waals surface area contributed by atoms with Gasteiger partial charge < -0.3 is 14.7 Å². The Kier molecular flexibility index (Phi) is 3.10. The summed E-state index contributed by atoms with van der Waals surface area (Å²) in [6.07, 6.45) is 4.45. The van der Waals surface area contributed by atoms with E-state index in [4.69, 9.17) is 4.52 Å². The van der Waals surface area contributed by atoms with E-state index in [1.54, 1.807) is 4.90 Å². The summed E-state index contributed by atoms with van der Waals surface area (Å²) in [5.41, 5.74) is 1.59. The fourth-order valence-electron chi connectivity index (χ4n) is 2.42. The number of hydrogen-bond acceptors (Lipinski definition) is 4. The molecule has 2 aliphatic carbocycles. The normalized spacial score (nSPS) is 17.3. The third-order valence-corrected chi connectivity index (χ3v) is 4.16. The Morgan fingerprint density at radius 2 is 2.14 bits per heavy atom. The van der Waals surface area contributed by atoms with Gasteiger partial charge in [-0.15, -0.1) is 0 Å². The fourth-order valence-corrected chi connectivity index (χ4v) is 2.42. The van der Waals surface area contributed by atoms with Gasteiger partial charge in [-0.2, -0.15) is 4.98 Å². The van der Waals surface area contributed by atoms with E-state index < -0.39 is 0 Å². The van der Waals surface area contributed by atoms with Gasteiger partial charge >= 0.3 is 6.03 Å². The van der Waals surface area contributed by atoms with E-state index in [1.165, 1.54) is 0 Å². The molecule has 0 radical (unpaired) electrons. The van der Waals surface area contributed by atoms with Crippen LogP contribution in [0.15, 0.2) is 28.8 Å². The Bertz CT molecular complexity index is 704. The molecule has 0 unspecified atom stereocenters. The predicted molar refractivity (Wildman–Crippen MR) is 81.5 cm³/mol. The van der Waals surface area contributed by atoms with Crippen LogP contribution in [0.2, 0.25) is 0 Å².